The van der Waals surface area contributed by atoms with Crippen molar-refractivity contribution in [2.24, 2.45) is 12.5 Å². The van der Waals surface area contributed by atoms with E-state index in [1.165, 1.54) is 6.07 Å². The van der Waals surface area contributed by atoms with Gasteiger partial charge in [-0.3, -0.25) is 9.48 Å². The second kappa shape index (κ2) is 9.16. The van der Waals surface area contributed by atoms with E-state index in [0.717, 1.165) is 16.8 Å². The Labute approximate surface area is 195 Å². The van der Waals surface area contributed by atoms with Crippen LogP contribution in [0.2, 0.25) is 0 Å². The van der Waals surface area contributed by atoms with Gasteiger partial charge in [0.25, 0.3) is 0 Å². The molecule has 0 saturated carbocycles. The molecule has 174 valence electrons. The van der Waals surface area contributed by atoms with E-state index in [0.29, 0.717) is 43.5 Å². The van der Waals surface area contributed by atoms with E-state index in [2.05, 4.69) is 20.2 Å². The van der Waals surface area contributed by atoms with Crippen molar-refractivity contribution < 1.29 is 14.6 Å². The Hall–Kier alpha value is -3.89. The zero-order chi connectivity index (χ0) is 23.5. The molecule has 0 atom stereocenters. The van der Waals surface area contributed by atoms with Crippen molar-refractivity contribution in [3.8, 4) is 22.8 Å². The third-order valence-electron chi connectivity index (χ3n) is 5.72. The highest BCUT2D eigenvalue weighted by atomic mass is 16.5. The third-order valence-corrected chi connectivity index (χ3v) is 5.72. The molecule has 10 heteroatoms. The predicted octanol–water partition coefficient (Wildman–Crippen LogP) is 1.40. The molecule has 0 amide bonds. The Morgan fingerprint density at radius 2 is 2.00 bits per heavy atom. The van der Waals surface area contributed by atoms with Gasteiger partial charge in [0, 0.05) is 31.3 Å². The molecule has 1 aromatic carbocycles. The maximum absolute atomic E-state index is 12.4. The Morgan fingerprint density at radius 1 is 1.18 bits per heavy atom. The lowest BCUT2D eigenvalue weighted by Crippen LogP contribution is -2.49. The molecule has 1 fully saturated rings. The van der Waals surface area contributed by atoms with Crippen LogP contribution < -0.4 is 10.2 Å². The van der Waals surface area contributed by atoms with Gasteiger partial charge >= 0.3 is 0 Å². The minimum atomic E-state index is -0.339. The standard InChI is InChI=1S/C24H24N6O4/c1-29-12-19(9-27-29)30-6-5-22(32)21(28-30)8-17-3-2-4-18(7-17)23-25-10-20(11-26-23)34-16-24(13-31)14-33-15-24/h2-7,9-12,31H,8,13-16H2,1H3. The molecular formula is C24H24N6O4. The summed E-state index contributed by atoms with van der Waals surface area (Å²) in [5.74, 6) is 1.08. The van der Waals surface area contributed by atoms with Gasteiger partial charge in [-0.15, -0.1) is 0 Å². The Morgan fingerprint density at radius 3 is 2.68 bits per heavy atom. The van der Waals surface area contributed by atoms with Gasteiger partial charge in [0.1, 0.15) is 18.0 Å². The van der Waals surface area contributed by atoms with Crippen LogP contribution in [0, 0.1) is 5.41 Å². The number of benzene rings is 1. The van der Waals surface area contributed by atoms with Crippen molar-refractivity contribution in [1.82, 2.24) is 29.5 Å². The van der Waals surface area contributed by atoms with Gasteiger partial charge in [-0.1, -0.05) is 18.2 Å². The van der Waals surface area contributed by atoms with Gasteiger partial charge < -0.3 is 14.6 Å². The number of ether oxygens (including phenoxy) is 2. The normalized spacial score (nSPS) is 14.5. The molecule has 1 aliphatic heterocycles. The molecular weight excluding hydrogens is 436 g/mol. The van der Waals surface area contributed by atoms with E-state index in [4.69, 9.17) is 9.47 Å². The number of aromatic nitrogens is 6. The molecule has 0 unspecified atom stereocenters. The molecule has 0 radical (unpaired) electrons. The summed E-state index contributed by atoms with van der Waals surface area (Å²) in [7, 11) is 1.83. The number of aliphatic hydroxyl groups is 1. The fraction of sp³-hybridized carbons (Fsp3) is 0.292. The van der Waals surface area contributed by atoms with E-state index < -0.39 is 0 Å². The number of nitrogens with zero attached hydrogens (tertiary/aromatic N) is 6. The van der Waals surface area contributed by atoms with Crippen LogP contribution in [0.5, 0.6) is 5.75 Å². The molecule has 0 spiro atoms. The zero-order valence-corrected chi connectivity index (χ0v) is 18.7. The summed E-state index contributed by atoms with van der Waals surface area (Å²) in [6.07, 6.45) is 8.76. The van der Waals surface area contributed by atoms with E-state index in [1.54, 1.807) is 34.2 Å². The number of hydrogen-bond donors (Lipinski definition) is 1. The topological polar surface area (TPSA) is 117 Å². The van der Waals surface area contributed by atoms with Crippen LogP contribution in [0.15, 0.2) is 66.1 Å². The first-order valence-electron chi connectivity index (χ1n) is 10.8. The fourth-order valence-electron chi connectivity index (χ4n) is 3.64. The molecule has 1 N–H and O–H groups in total. The van der Waals surface area contributed by atoms with Gasteiger partial charge in [0.2, 0.25) is 5.43 Å². The second-order valence-corrected chi connectivity index (χ2v) is 8.50. The quantitative estimate of drug-likeness (QED) is 0.419. The third kappa shape index (κ3) is 4.59. The highest BCUT2D eigenvalue weighted by molar-refractivity contribution is 5.56. The van der Waals surface area contributed by atoms with Crippen LogP contribution in [-0.4, -0.2) is 61.1 Å². The average Bonchev–Trinajstić information content (AvgIpc) is 3.27. The fourth-order valence-corrected chi connectivity index (χ4v) is 3.64. The summed E-state index contributed by atoms with van der Waals surface area (Å²) in [5.41, 5.74) is 2.50. The molecule has 5 rings (SSSR count). The predicted molar refractivity (Wildman–Crippen MR) is 123 cm³/mol. The molecule has 3 aromatic heterocycles. The maximum atomic E-state index is 12.4. The summed E-state index contributed by atoms with van der Waals surface area (Å²) in [6.45, 7) is 1.34. The molecule has 34 heavy (non-hydrogen) atoms. The molecule has 0 aliphatic carbocycles. The van der Waals surface area contributed by atoms with E-state index in [-0.39, 0.29) is 17.5 Å². The van der Waals surface area contributed by atoms with Gasteiger partial charge in [-0.05, 0) is 11.6 Å². The smallest absolute Gasteiger partial charge is 0.203 e. The van der Waals surface area contributed by atoms with Gasteiger partial charge in [-0.2, -0.15) is 10.2 Å². The van der Waals surface area contributed by atoms with Crippen molar-refractivity contribution in [1.29, 1.82) is 0 Å². The van der Waals surface area contributed by atoms with Gasteiger partial charge in [0.15, 0.2) is 11.6 Å². The summed E-state index contributed by atoms with van der Waals surface area (Å²) in [5, 5.41) is 18.2. The van der Waals surface area contributed by atoms with Crippen molar-refractivity contribution in [3.05, 3.63) is 82.8 Å². The highest BCUT2D eigenvalue weighted by Crippen LogP contribution is 2.28. The highest BCUT2D eigenvalue weighted by Gasteiger charge is 2.39. The lowest BCUT2D eigenvalue weighted by molar-refractivity contribution is -0.153. The largest absolute Gasteiger partial charge is 0.489 e. The Kier molecular flexibility index (Phi) is 5.91. The number of aliphatic hydroxyl groups excluding tert-OH is 1. The molecule has 0 bridgehead atoms. The van der Waals surface area contributed by atoms with Crippen LogP contribution in [-0.2, 0) is 18.2 Å². The lowest BCUT2D eigenvalue weighted by Gasteiger charge is -2.39. The average molecular weight is 460 g/mol. The van der Waals surface area contributed by atoms with Crippen molar-refractivity contribution in [2.45, 2.75) is 6.42 Å². The summed E-state index contributed by atoms with van der Waals surface area (Å²) in [4.78, 5) is 21.3. The van der Waals surface area contributed by atoms with Crippen LogP contribution in [0.25, 0.3) is 17.1 Å². The number of rotatable bonds is 8. The molecule has 1 saturated heterocycles. The first kappa shape index (κ1) is 21.9. The minimum Gasteiger partial charge on any atom is -0.489 e. The summed E-state index contributed by atoms with van der Waals surface area (Å²) < 4.78 is 14.3. The first-order valence-corrected chi connectivity index (χ1v) is 10.8. The maximum Gasteiger partial charge on any atom is 0.203 e. The van der Waals surface area contributed by atoms with Crippen LogP contribution in [0.1, 0.15) is 11.3 Å². The summed E-state index contributed by atoms with van der Waals surface area (Å²) >= 11 is 0. The number of aryl methyl sites for hydroxylation is 1. The van der Waals surface area contributed by atoms with Crippen molar-refractivity contribution in [3.63, 3.8) is 0 Å². The molecule has 4 aromatic rings. The zero-order valence-electron chi connectivity index (χ0n) is 18.7. The van der Waals surface area contributed by atoms with Gasteiger partial charge in [0.05, 0.1) is 50.0 Å². The monoisotopic (exact) mass is 460 g/mol. The van der Waals surface area contributed by atoms with E-state index in [1.807, 2.05) is 37.5 Å². The van der Waals surface area contributed by atoms with Crippen molar-refractivity contribution >= 4 is 0 Å². The lowest BCUT2D eigenvalue weighted by atomic mass is 9.88. The van der Waals surface area contributed by atoms with Crippen LogP contribution in [0.4, 0.5) is 0 Å². The molecule has 4 heterocycles. The van der Waals surface area contributed by atoms with Gasteiger partial charge in [-0.25, -0.2) is 14.6 Å². The van der Waals surface area contributed by atoms with Crippen LogP contribution in [0.3, 0.4) is 0 Å². The Bertz CT molecular complexity index is 1340. The second-order valence-electron chi connectivity index (χ2n) is 8.50. The summed E-state index contributed by atoms with van der Waals surface area (Å²) in [6, 6.07) is 9.22. The SMILES string of the molecule is Cn1cc(-n2ccc(=O)c(Cc3cccc(-c4ncc(OCC5(CO)COC5)cn4)c3)n2)cn1. The minimum absolute atomic E-state index is 0.0162. The van der Waals surface area contributed by atoms with E-state index >= 15 is 0 Å². The van der Waals surface area contributed by atoms with Crippen molar-refractivity contribution in [2.75, 3.05) is 26.4 Å². The van der Waals surface area contributed by atoms with E-state index in [9.17, 15) is 9.90 Å². The Balaban J connectivity index is 1.31. The van der Waals surface area contributed by atoms with Crippen LogP contribution >= 0.6 is 0 Å². The molecule has 1 aliphatic rings. The molecule has 10 nitrogen and oxygen atoms in total. The first-order chi connectivity index (χ1) is 16.5. The number of hydrogen-bond acceptors (Lipinski definition) is 8.